The first kappa shape index (κ1) is 20.2. The molecule has 0 spiro atoms. The van der Waals surface area contributed by atoms with Crippen molar-refractivity contribution >= 4 is 5.96 Å². The summed E-state index contributed by atoms with van der Waals surface area (Å²) in [6.07, 6.45) is 10.3. The molecular weight excluding hydrogens is 340 g/mol. The van der Waals surface area contributed by atoms with Gasteiger partial charge in [-0.15, -0.1) is 0 Å². The lowest BCUT2D eigenvalue weighted by Gasteiger charge is -2.36. The van der Waals surface area contributed by atoms with Crippen molar-refractivity contribution in [1.29, 1.82) is 0 Å². The monoisotopic (exact) mass is 376 g/mol. The van der Waals surface area contributed by atoms with Crippen LogP contribution in [0.15, 0.2) is 27.8 Å². The number of furan rings is 1. The molecule has 0 amide bonds. The van der Waals surface area contributed by atoms with Crippen molar-refractivity contribution in [3.8, 4) is 0 Å². The molecule has 1 aliphatic heterocycles. The SMILES string of the molecule is CCNC(=NCC(O)c1ccco1)NC1CCN(CC2CCCCC2)CC1. The molecule has 1 saturated heterocycles. The standard InChI is InChI=1S/C21H36N4O2/c1-2-22-21(23-15-19(26)20-9-6-14-27-20)24-18-10-12-25(13-11-18)16-17-7-4-3-5-8-17/h6,9,14,17-19,26H,2-5,7-8,10-13,15-16H2,1H3,(H2,22,23,24). The van der Waals surface area contributed by atoms with E-state index in [0.29, 0.717) is 18.3 Å². The molecule has 1 aromatic rings. The smallest absolute Gasteiger partial charge is 0.191 e. The van der Waals surface area contributed by atoms with Crippen LogP contribution in [0.25, 0.3) is 0 Å². The number of piperidine rings is 1. The third kappa shape index (κ3) is 6.54. The lowest BCUT2D eigenvalue weighted by molar-refractivity contribution is 0.157. The summed E-state index contributed by atoms with van der Waals surface area (Å²) in [6.45, 7) is 6.79. The number of hydrogen-bond donors (Lipinski definition) is 3. The van der Waals surface area contributed by atoms with Gasteiger partial charge >= 0.3 is 0 Å². The fourth-order valence-corrected chi connectivity index (χ4v) is 4.26. The largest absolute Gasteiger partial charge is 0.467 e. The van der Waals surface area contributed by atoms with Gasteiger partial charge in [0.2, 0.25) is 0 Å². The Morgan fingerprint density at radius 3 is 2.70 bits per heavy atom. The number of aliphatic imine (C=N–C) groups is 1. The quantitative estimate of drug-likeness (QED) is 0.504. The molecule has 0 radical (unpaired) electrons. The molecule has 0 bridgehead atoms. The van der Waals surface area contributed by atoms with Gasteiger partial charge in [0, 0.05) is 32.2 Å². The second kappa shape index (κ2) is 10.7. The van der Waals surface area contributed by atoms with Crippen molar-refractivity contribution in [2.75, 3.05) is 32.7 Å². The number of aliphatic hydroxyl groups excluding tert-OH is 1. The molecule has 0 aromatic carbocycles. The van der Waals surface area contributed by atoms with E-state index in [-0.39, 0.29) is 0 Å². The number of guanidine groups is 1. The van der Waals surface area contributed by atoms with Gasteiger partial charge in [-0.25, -0.2) is 0 Å². The van der Waals surface area contributed by atoms with E-state index in [9.17, 15) is 5.11 Å². The first-order chi connectivity index (χ1) is 13.2. The molecule has 6 nitrogen and oxygen atoms in total. The topological polar surface area (TPSA) is 73.0 Å². The number of nitrogens with one attached hydrogen (secondary N) is 2. The molecule has 1 saturated carbocycles. The lowest BCUT2D eigenvalue weighted by Crippen LogP contribution is -2.49. The van der Waals surface area contributed by atoms with Crippen molar-refractivity contribution in [3.05, 3.63) is 24.2 Å². The summed E-state index contributed by atoms with van der Waals surface area (Å²) in [5.41, 5.74) is 0. The molecule has 152 valence electrons. The molecule has 2 fully saturated rings. The lowest BCUT2D eigenvalue weighted by atomic mass is 9.88. The first-order valence-electron chi connectivity index (χ1n) is 10.7. The van der Waals surface area contributed by atoms with E-state index in [1.807, 2.05) is 0 Å². The minimum Gasteiger partial charge on any atom is -0.467 e. The van der Waals surface area contributed by atoms with Crippen LogP contribution in [0.3, 0.4) is 0 Å². The summed E-state index contributed by atoms with van der Waals surface area (Å²) in [5.74, 6) is 2.27. The Hall–Kier alpha value is -1.53. The van der Waals surface area contributed by atoms with E-state index in [0.717, 1.165) is 31.3 Å². The Labute approximate surface area is 163 Å². The third-order valence-electron chi connectivity index (χ3n) is 5.81. The third-order valence-corrected chi connectivity index (χ3v) is 5.81. The minimum absolute atomic E-state index is 0.295. The van der Waals surface area contributed by atoms with Crippen LogP contribution in [-0.4, -0.2) is 54.7 Å². The number of nitrogens with zero attached hydrogens (tertiary/aromatic N) is 2. The van der Waals surface area contributed by atoms with Gasteiger partial charge in [-0.3, -0.25) is 4.99 Å². The number of aliphatic hydroxyl groups is 1. The molecule has 3 N–H and O–H groups in total. The van der Waals surface area contributed by atoms with E-state index < -0.39 is 6.10 Å². The highest BCUT2D eigenvalue weighted by Gasteiger charge is 2.23. The Balaban J connectivity index is 1.42. The van der Waals surface area contributed by atoms with Gasteiger partial charge in [0.1, 0.15) is 11.9 Å². The highest BCUT2D eigenvalue weighted by Crippen LogP contribution is 2.25. The van der Waals surface area contributed by atoms with Crippen LogP contribution >= 0.6 is 0 Å². The summed E-state index contributed by atoms with van der Waals surface area (Å²) in [7, 11) is 0. The van der Waals surface area contributed by atoms with Gasteiger partial charge in [0.15, 0.2) is 5.96 Å². The van der Waals surface area contributed by atoms with Gasteiger partial charge in [0.05, 0.1) is 12.8 Å². The molecule has 1 unspecified atom stereocenters. The molecule has 1 atom stereocenters. The summed E-state index contributed by atoms with van der Waals surface area (Å²) in [5, 5.41) is 17.0. The minimum atomic E-state index is -0.701. The average molecular weight is 377 g/mol. The van der Waals surface area contributed by atoms with Crippen molar-refractivity contribution in [2.45, 2.75) is 64.0 Å². The maximum absolute atomic E-state index is 10.2. The van der Waals surface area contributed by atoms with Crippen molar-refractivity contribution in [1.82, 2.24) is 15.5 Å². The van der Waals surface area contributed by atoms with E-state index in [2.05, 4.69) is 27.4 Å². The van der Waals surface area contributed by atoms with Crippen LogP contribution in [0.4, 0.5) is 0 Å². The Morgan fingerprint density at radius 1 is 1.26 bits per heavy atom. The second-order valence-electron chi connectivity index (χ2n) is 7.97. The maximum atomic E-state index is 10.2. The van der Waals surface area contributed by atoms with Crippen LogP contribution in [0.2, 0.25) is 0 Å². The summed E-state index contributed by atoms with van der Waals surface area (Å²) in [4.78, 5) is 7.20. The Kier molecular flexibility index (Phi) is 8.02. The Bertz CT molecular complexity index is 547. The molecule has 1 aliphatic carbocycles. The zero-order valence-electron chi connectivity index (χ0n) is 16.7. The van der Waals surface area contributed by atoms with E-state index in [1.54, 1.807) is 18.4 Å². The predicted molar refractivity (Wildman–Crippen MR) is 109 cm³/mol. The number of hydrogen-bond acceptors (Lipinski definition) is 4. The van der Waals surface area contributed by atoms with Crippen molar-refractivity contribution in [2.24, 2.45) is 10.9 Å². The number of rotatable bonds is 7. The molecule has 2 aliphatic rings. The normalized spacial score (nSPS) is 21.9. The summed E-state index contributed by atoms with van der Waals surface area (Å²) >= 11 is 0. The zero-order valence-corrected chi connectivity index (χ0v) is 16.7. The van der Waals surface area contributed by atoms with Gasteiger partial charge in [0.25, 0.3) is 0 Å². The highest BCUT2D eigenvalue weighted by atomic mass is 16.4. The van der Waals surface area contributed by atoms with Crippen molar-refractivity contribution < 1.29 is 9.52 Å². The highest BCUT2D eigenvalue weighted by molar-refractivity contribution is 5.80. The van der Waals surface area contributed by atoms with Crippen LogP contribution < -0.4 is 10.6 Å². The summed E-state index contributed by atoms with van der Waals surface area (Å²) in [6, 6.07) is 4.02. The van der Waals surface area contributed by atoms with Crippen LogP contribution in [-0.2, 0) is 0 Å². The van der Waals surface area contributed by atoms with Crippen LogP contribution in [0.1, 0.15) is 63.7 Å². The fraction of sp³-hybridized carbons (Fsp3) is 0.762. The van der Waals surface area contributed by atoms with Crippen molar-refractivity contribution in [3.63, 3.8) is 0 Å². The molecule has 3 rings (SSSR count). The maximum Gasteiger partial charge on any atom is 0.191 e. The van der Waals surface area contributed by atoms with E-state index >= 15 is 0 Å². The molecule has 6 heteroatoms. The van der Waals surface area contributed by atoms with Crippen LogP contribution in [0, 0.1) is 5.92 Å². The van der Waals surface area contributed by atoms with E-state index in [1.165, 1.54) is 51.7 Å². The first-order valence-corrected chi connectivity index (χ1v) is 10.7. The number of likely N-dealkylation sites (tertiary alicyclic amines) is 1. The predicted octanol–water partition coefficient (Wildman–Crippen LogP) is 2.91. The van der Waals surface area contributed by atoms with Crippen LogP contribution in [0.5, 0.6) is 0 Å². The van der Waals surface area contributed by atoms with Gasteiger partial charge in [-0.2, -0.15) is 0 Å². The molecule has 27 heavy (non-hydrogen) atoms. The Morgan fingerprint density at radius 2 is 2.04 bits per heavy atom. The second-order valence-corrected chi connectivity index (χ2v) is 7.97. The molecular formula is C21H36N4O2. The van der Waals surface area contributed by atoms with E-state index in [4.69, 9.17) is 4.42 Å². The van der Waals surface area contributed by atoms with Gasteiger partial charge < -0.3 is 25.1 Å². The molecule has 1 aromatic heterocycles. The van der Waals surface area contributed by atoms with Gasteiger partial charge in [-0.1, -0.05) is 19.3 Å². The average Bonchev–Trinajstić information content (AvgIpc) is 3.23. The fourth-order valence-electron chi connectivity index (χ4n) is 4.26. The zero-order chi connectivity index (χ0) is 18.9. The van der Waals surface area contributed by atoms with Gasteiger partial charge in [-0.05, 0) is 50.7 Å². The molecule has 2 heterocycles. The summed E-state index contributed by atoms with van der Waals surface area (Å²) < 4.78 is 5.25.